The molecule has 0 unspecified atom stereocenters. The van der Waals surface area contributed by atoms with Gasteiger partial charge in [0.15, 0.2) is 0 Å². The molecule has 2 aromatic rings. The van der Waals surface area contributed by atoms with Gasteiger partial charge in [0, 0.05) is 24.4 Å². The number of hydrogen-bond donors (Lipinski definition) is 3. The molecule has 0 saturated carbocycles. The van der Waals surface area contributed by atoms with Gasteiger partial charge in [0.1, 0.15) is 17.1 Å². The fourth-order valence-corrected chi connectivity index (χ4v) is 3.62. The van der Waals surface area contributed by atoms with Crippen molar-refractivity contribution in [2.75, 3.05) is 27.2 Å². The number of pyridine rings is 1. The summed E-state index contributed by atoms with van der Waals surface area (Å²) in [6.45, 7) is 3.18. The minimum absolute atomic E-state index is 0.118. The molecule has 0 fully saturated rings. The van der Waals surface area contributed by atoms with Gasteiger partial charge in [0.2, 0.25) is 0 Å². The van der Waals surface area contributed by atoms with E-state index in [9.17, 15) is 19.1 Å². The van der Waals surface area contributed by atoms with Crippen LogP contribution >= 0.6 is 0 Å². The number of rotatable bonds is 5. The maximum absolute atomic E-state index is 14.0. The largest absolute Gasteiger partial charge is 0.506 e. The maximum atomic E-state index is 14.0. The van der Waals surface area contributed by atoms with E-state index in [1.807, 2.05) is 21.0 Å². The summed E-state index contributed by atoms with van der Waals surface area (Å²) in [4.78, 5) is 26.8. The third kappa shape index (κ3) is 3.19. The second-order valence-electron chi connectivity index (χ2n) is 7.31. The Morgan fingerprint density at radius 3 is 2.85 bits per heavy atom. The van der Waals surface area contributed by atoms with E-state index in [1.54, 1.807) is 0 Å². The first kappa shape index (κ1) is 18.4. The monoisotopic (exact) mass is 362 g/mol. The van der Waals surface area contributed by atoms with Crippen LogP contribution in [0, 0.1) is 5.82 Å². The Morgan fingerprint density at radius 2 is 2.15 bits per heavy atom. The molecule has 7 heteroatoms. The predicted molar refractivity (Wildman–Crippen MR) is 97.5 cm³/mol. The molecule has 2 heterocycles. The van der Waals surface area contributed by atoms with Gasteiger partial charge in [-0.2, -0.15) is 0 Å². The zero-order valence-corrected chi connectivity index (χ0v) is 15.4. The minimum Gasteiger partial charge on any atom is -0.506 e. The molecule has 0 aliphatic carbocycles. The van der Waals surface area contributed by atoms with Crippen molar-refractivity contribution in [3.8, 4) is 5.75 Å². The van der Waals surface area contributed by atoms with Crippen molar-refractivity contribution >= 4 is 16.8 Å². The van der Waals surface area contributed by atoms with Crippen LogP contribution in [0.15, 0.2) is 16.9 Å². The van der Waals surface area contributed by atoms with E-state index in [0.717, 1.165) is 13.0 Å². The zero-order valence-electron chi connectivity index (χ0n) is 15.4. The molecular weight excluding hydrogens is 337 g/mol. The lowest BCUT2D eigenvalue weighted by molar-refractivity contribution is -0.858. The van der Waals surface area contributed by atoms with Crippen molar-refractivity contribution < 1.29 is 19.2 Å². The number of hydrogen-bond acceptors (Lipinski definition) is 3. The van der Waals surface area contributed by atoms with Crippen LogP contribution in [-0.2, 0) is 6.42 Å². The summed E-state index contributed by atoms with van der Waals surface area (Å²) in [5, 5.41) is 13.5. The summed E-state index contributed by atoms with van der Waals surface area (Å²) in [5.41, 5.74) is 0.387. The molecule has 1 aromatic carbocycles. The molecule has 0 bridgehead atoms. The standard InChI is InChI=1S/C19H24FN3O3/c1-11-5-6-12-9-13(20)10-14-16(12)23(11)19(26)15(17(14)24)18(25)21-7-4-8-22(2)3/h9-11,24H,4-8H2,1-3H3,(H,21,25)/p+1/t11-/m0/s1. The van der Waals surface area contributed by atoms with Gasteiger partial charge in [-0.1, -0.05) is 0 Å². The molecule has 3 N–H and O–H groups in total. The molecule has 1 atom stereocenters. The Morgan fingerprint density at radius 1 is 1.42 bits per heavy atom. The number of carbonyl (C=O) groups is 1. The van der Waals surface area contributed by atoms with Crippen LogP contribution in [0.1, 0.15) is 41.7 Å². The molecular formula is C19H25FN3O3+. The van der Waals surface area contributed by atoms with Gasteiger partial charge in [0.25, 0.3) is 11.5 Å². The molecule has 0 spiro atoms. The van der Waals surface area contributed by atoms with Crippen molar-refractivity contribution in [1.82, 2.24) is 9.88 Å². The van der Waals surface area contributed by atoms with E-state index in [4.69, 9.17) is 0 Å². The Hall–Kier alpha value is -2.41. The van der Waals surface area contributed by atoms with Gasteiger partial charge in [-0.3, -0.25) is 9.59 Å². The summed E-state index contributed by atoms with van der Waals surface area (Å²) >= 11 is 0. The normalized spacial score (nSPS) is 16.3. The molecule has 1 aromatic heterocycles. The third-order valence-electron chi connectivity index (χ3n) is 4.96. The van der Waals surface area contributed by atoms with Crippen LogP contribution in [0.5, 0.6) is 5.75 Å². The summed E-state index contributed by atoms with van der Waals surface area (Å²) in [6.07, 6.45) is 2.07. The van der Waals surface area contributed by atoms with Crippen LogP contribution < -0.4 is 15.8 Å². The van der Waals surface area contributed by atoms with Crippen LogP contribution in [0.4, 0.5) is 4.39 Å². The van der Waals surface area contributed by atoms with Crippen LogP contribution in [-0.4, -0.2) is 42.8 Å². The first-order chi connectivity index (χ1) is 12.3. The van der Waals surface area contributed by atoms with Crippen molar-refractivity contribution in [3.63, 3.8) is 0 Å². The molecule has 3 rings (SSSR count). The number of carbonyl (C=O) groups excluding carboxylic acids is 1. The van der Waals surface area contributed by atoms with Gasteiger partial charge in [-0.25, -0.2) is 4.39 Å². The second-order valence-corrected chi connectivity index (χ2v) is 7.31. The fraction of sp³-hybridized carbons (Fsp3) is 0.474. The number of quaternary nitrogens is 1. The van der Waals surface area contributed by atoms with Gasteiger partial charge in [-0.05, 0) is 37.5 Å². The van der Waals surface area contributed by atoms with E-state index in [1.165, 1.54) is 21.6 Å². The summed E-state index contributed by atoms with van der Waals surface area (Å²) in [7, 11) is 4.03. The Labute approximate surface area is 151 Å². The van der Waals surface area contributed by atoms with E-state index < -0.39 is 23.0 Å². The summed E-state index contributed by atoms with van der Waals surface area (Å²) in [6, 6.07) is 2.47. The highest BCUT2D eigenvalue weighted by atomic mass is 19.1. The third-order valence-corrected chi connectivity index (χ3v) is 4.96. The number of aromatic hydroxyl groups is 1. The van der Waals surface area contributed by atoms with Crippen molar-refractivity contribution in [2.24, 2.45) is 0 Å². The van der Waals surface area contributed by atoms with E-state index in [0.29, 0.717) is 30.5 Å². The van der Waals surface area contributed by atoms with Gasteiger partial charge in [-0.15, -0.1) is 0 Å². The van der Waals surface area contributed by atoms with Crippen LogP contribution in [0.2, 0.25) is 0 Å². The van der Waals surface area contributed by atoms with Gasteiger partial charge < -0.3 is 19.9 Å². The topological polar surface area (TPSA) is 75.8 Å². The number of aryl methyl sites for hydroxylation is 1. The highest BCUT2D eigenvalue weighted by Crippen LogP contribution is 2.35. The fourth-order valence-electron chi connectivity index (χ4n) is 3.62. The number of halogens is 1. The molecule has 26 heavy (non-hydrogen) atoms. The molecule has 1 aliphatic heterocycles. The maximum Gasteiger partial charge on any atom is 0.267 e. The second kappa shape index (κ2) is 7.07. The SMILES string of the molecule is C[C@H]1CCc2cc(F)cc3c(O)c(C(=O)NCCC[NH+](C)C)c(=O)n1c23. The van der Waals surface area contributed by atoms with Gasteiger partial charge >= 0.3 is 0 Å². The van der Waals surface area contributed by atoms with E-state index in [-0.39, 0.29) is 17.0 Å². The lowest BCUT2D eigenvalue weighted by atomic mass is 9.95. The lowest BCUT2D eigenvalue weighted by Crippen LogP contribution is -3.05. The number of nitrogens with one attached hydrogen (secondary N) is 2. The quantitative estimate of drug-likeness (QED) is 0.683. The highest BCUT2D eigenvalue weighted by molar-refractivity contribution is 6.03. The minimum atomic E-state index is -0.615. The first-order valence-corrected chi connectivity index (χ1v) is 8.98. The highest BCUT2D eigenvalue weighted by Gasteiger charge is 2.28. The Bertz CT molecular complexity index is 921. The average Bonchev–Trinajstić information content (AvgIpc) is 2.57. The zero-order chi connectivity index (χ0) is 19.0. The molecule has 0 radical (unpaired) electrons. The average molecular weight is 362 g/mol. The van der Waals surface area contributed by atoms with Crippen molar-refractivity contribution in [2.45, 2.75) is 32.2 Å². The summed E-state index contributed by atoms with van der Waals surface area (Å²) in [5.74, 6) is -1.54. The molecule has 1 aliphatic rings. The number of nitrogens with zero attached hydrogens (tertiary/aromatic N) is 1. The Balaban J connectivity index is 2.07. The number of aromatic nitrogens is 1. The number of benzene rings is 1. The van der Waals surface area contributed by atoms with Crippen molar-refractivity contribution in [3.05, 3.63) is 39.4 Å². The van der Waals surface area contributed by atoms with Gasteiger partial charge in [0.05, 0.1) is 26.2 Å². The number of amides is 1. The van der Waals surface area contributed by atoms with E-state index >= 15 is 0 Å². The lowest BCUT2D eigenvalue weighted by Gasteiger charge is -2.26. The van der Waals surface area contributed by atoms with E-state index in [2.05, 4.69) is 5.32 Å². The van der Waals surface area contributed by atoms with Crippen LogP contribution in [0.25, 0.3) is 10.9 Å². The molecule has 1 amide bonds. The smallest absolute Gasteiger partial charge is 0.267 e. The van der Waals surface area contributed by atoms with Crippen molar-refractivity contribution in [1.29, 1.82) is 0 Å². The molecule has 0 saturated heterocycles. The molecule has 140 valence electrons. The Kier molecular flexibility index (Phi) is 5.00. The first-order valence-electron chi connectivity index (χ1n) is 8.98. The molecule has 6 nitrogen and oxygen atoms in total. The summed E-state index contributed by atoms with van der Waals surface area (Å²) < 4.78 is 15.5. The van der Waals surface area contributed by atoms with Crippen LogP contribution in [0.3, 0.4) is 0 Å². The predicted octanol–water partition coefficient (Wildman–Crippen LogP) is 0.618.